The Morgan fingerprint density at radius 1 is 1.56 bits per heavy atom. The highest BCUT2D eigenvalue weighted by Crippen LogP contribution is 2.34. The summed E-state index contributed by atoms with van der Waals surface area (Å²) in [6.07, 6.45) is 1.70. The molecule has 0 saturated heterocycles. The molecule has 1 saturated carbocycles. The van der Waals surface area contributed by atoms with Gasteiger partial charge in [0.15, 0.2) is 0 Å². The Hall–Kier alpha value is -1.06. The van der Waals surface area contributed by atoms with E-state index in [0.29, 0.717) is 10.6 Å². The molecule has 3 nitrogen and oxygen atoms in total. The molecule has 1 amide bonds. The molecule has 0 bridgehead atoms. The summed E-state index contributed by atoms with van der Waals surface area (Å²) in [5.74, 6) is -0.147. The van der Waals surface area contributed by atoms with Gasteiger partial charge in [-0.1, -0.05) is 11.6 Å². The highest BCUT2D eigenvalue weighted by molar-refractivity contribution is 6.31. The van der Waals surface area contributed by atoms with E-state index in [-0.39, 0.29) is 18.1 Å². The molecular weight excluding hydrogens is 226 g/mol. The Morgan fingerprint density at radius 3 is 2.75 bits per heavy atom. The average molecular weight is 240 g/mol. The van der Waals surface area contributed by atoms with Gasteiger partial charge in [-0.25, -0.2) is 0 Å². The van der Waals surface area contributed by atoms with Crippen molar-refractivity contribution < 1.29 is 9.90 Å². The number of amides is 1. The standard InChI is InChI=1S/C12H14ClNO2/c1-8-6-9(2-3-10(8)13)11(16)14-12(7-15)4-5-12/h2-3,6,15H,4-5,7H2,1H3,(H,14,16). The summed E-state index contributed by atoms with van der Waals surface area (Å²) in [7, 11) is 0. The van der Waals surface area contributed by atoms with Crippen molar-refractivity contribution >= 4 is 17.5 Å². The van der Waals surface area contributed by atoms with Crippen molar-refractivity contribution in [1.82, 2.24) is 5.32 Å². The van der Waals surface area contributed by atoms with Gasteiger partial charge in [0.1, 0.15) is 0 Å². The van der Waals surface area contributed by atoms with E-state index in [2.05, 4.69) is 5.32 Å². The first-order chi connectivity index (χ1) is 7.56. The maximum Gasteiger partial charge on any atom is 0.251 e. The fourth-order valence-corrected chi connectivity index (χ4v) is 1.69. The van der Waals surface area contributed by atoms with Crippen molar-refractivity contribution in [2.45, 2.75) is 25.3 Å². The molecule has 0 spiro atoms. The number of aliphatic hydroxyl groups excluding tert-OH is 1. The van der Waals surface area contributed by atoms with Gasteiger partial charge in [-0.15, -0.1) is 0 Å². The van der Waals surface area contributed by atoms with Gasteiger partial charge in [-0.2, -0.15) is 0 Å². The number of rotatable bonds is 3. The average Bonchev–Trinajstić information content (AvgIpc) is 3.02. The molecule has 1 aromatic carbocycles. The zero-order valence-electron chi connectivity index (χ0n) is 9.09. The smallest absolute Gasteiger partial charge is 0.251 e. The molecule has 1 aromatic rings. The van der Waals surface area contributed by atoms with E-state index in [1.54, 1.807) is 18.2 Å². The number of halogens is 1. The van der Waals surface area contributed by atoms with E-state index >= 15 is 0 Å². The molecule has 0 atom stereocenters. The predicted octanol–water partition coefficient (Wildman–Crippen LogP) is 1.90. The maximum absolute atomic E-state index is 11.9. The van der Waals surface area contributed by atoms with E-state index in [9.17, 15) is 4.79 Å². The number of aryl methyl sites for hydroxylation is 1. The van der Waals surface area contributed by atoms with Crippen LogP contribution in [0.2, 0.25) is 5.02 Å². The van der Waals surface area contributed by atoms with Crippen molar-refractivity contribution in [3.05, 3.63) is 34.3 Å². The van der Waals surface area contributed by atoms with Crippen LogP contribution in [0.1, 0.15) is 28.8 Å². The predicted molar refractivity (Wildman–Crippen MR) is 62.7 cm³/mol. The van der Waals surface area contributed by atoms with E-state index < -0.39 is 0 Å². The Kier molecular flexibility index (Phi) is 2.91. The van der Waals surface area contributed by atoms with Crippen molar-refractivity contribution in [3.8, 4) is 0 Å². The lowest BCUT2D eigenvalue weighted by molar-refractivity contribution is 0.0906. The molecule has 0 unspecified atom stereocenters. The van der Waals surface area contributed by atoms with Crippen LogP contribution in [0.25, 0.3) is 0 Å². The maximum atomic E-state index is 11.9. The van der Waals surface area contributed by atoms with E-state index in [1.165, 1.54) is 0 Å². The fourth-order valence-electron chi connectivity index (χ4n) is 1.57. The van der Waals surface area contributed by atoms with Crippen molar-refractivity contribution in [3.63, 3.8) is 0 Å². The second kappa shape index (κ2) is 4.07. The van der Waals surface area contributed by atoms with Gasteiger partial charge in [-0.3, -0.25) is 4.79 Å². The number of carbonyl (C=O) groups is 1. The largest absolute Gasteiger partial charge is 0.394 e. The number of hydrogen-bond acceptors (Lipinski definition) is 2. The van der Waals surface area contributed by atoms with Crippen LogP contribution < -0.4 is 5.32 Å². The summed E-state index contributed by atoms with van der Waals surface area (Å²) >= 11 is 5.89. The second-order valence-electron chi connectivity index (χ2n) is 4.36. The number of benzene rings is 1. The van der Waals surface area contributed by atoms with Gasteiger partial charge >= 0.3 is 0 Å². The van der Waals surface area contributed by atoms with Gasteiger partial charge in [0.05, 0.1) is 12.1 Å². The third-order valence-electron chi connectivity index (χ3n) is 2.96. The molecule has 1 aliphatic rings. The highest BCUT2D eigenvalue weighted by Gasteiger charge is 2.43. The third kappa shape index (κ3) is 2.20. The lowest BCUT2D eigenvalue weighted by atomic mass is 10.1. The summed E-state index contributed by atoms with van der Waals surface area (Å²) in [5.41, 5.74) is 1.09. The lowest BCUT2D eigenvalue weighted by Crippen LogP contribution is -2.39. The minimum absolute atomic E-state index is 0.00527. The SMILES string of the molecule is Cc1cc(C(=O)NC2(CO)CC2)ccc1Cl. The highest BCUT2D eigenvalue weighted by atomic mass is 35.5. The minimum Gasteiger partial charge on any atom is -0.394 e. The summed E-state index contributed by atoms with van der Waals surface area (Å²) in [6, 6.07) is 5.16. The van der Waals surface area contributed by atoms with Crippen LogP contribution >= 0.6 is 11.6 Å². The van der Waals surface area contributed by atoms with Gasteiger partial charge in [-0.05, 0) is 43.5 Å². The van der Waals surface area contributed by atoms with E-state index in [0.717, 1.165) is 18.4 Å². The Labute approximate surface area is 99.4 Å². The van der Waals surface area contributed by atoms with Crippen LogP contribution in [0.3, 0.4) is 0 Å². The molecule has 16 heavy (non-hydrogen) atoms. The molecule has 0 aliphatic heterocycles. The van der Waals surface area contributed by atoms with E-state index in [1.807, 2.05) is 6.92 Å². The lowest BCUT2D eigenvalue weighted by Gasteiger charge is -2.14. The van der Waals surface area contributed by atoms with Gasteiger partial charge in [0.2, 0.25) is 0 Å². The number of carbonyl (C=O) groups excluding carboxylic acids is 1. The molecule has 2 rings (SSSR count). The first-order valence-electron chi connectivity index (χ1n) is 5.26. The molecule has 4 heteroatoms. The van der Waals surface area contributed by atoms with Crippen LogP contribution in [-0.4, -0.2) is 23.2 Å². The topological polar surface area (TPSA) is 49.3 Å². The first kappa shape index (κ1) is 11.4. The zero-order valence-corrected chi connectivity index (χ0v) is 9.84. The minimum atomic E-state index is -0.370. The number of nitrogens with one attached hydrogen (secondary N) is 1. The van der Waals surface area contributed by atoms with Crippen LogP contribution in [0, 0.1) is 6.92 Å². The monoisotopic (exact) mass is 239 g/mol. The molecule has 0 aromatic heterocycles. The Bertz CT molecular complexity index is 427. The third-order valence-corrected chi connectivity index (χ3v) is 3.38. The molecule has 1 fully saturated rings. The van der Waals surface area contributed by atoms with Crippen LogP contribution in [0.15, 0.2) is 18.2 Å². The van der Waals surface area contributed by atoms with Crippen molar-refractivity contribution in [1.29, 1.82) is 0 Å². The summed E-state index contributed by atoms with van der Waals surface area (Å²) < 4.78 is 0. The van der Waals surface area contributed by atoms with Gasteiger partial charge < -0.3 is 10.4 Å². The van der Waals surface area contributed by atoms with Crippen LogP contribution in [0.5, 0.6) is 0 Å². The number of hydrogen-bond donors (Lipinski definition) is 2. The summed E-state index contributed by atoms with van der Waals surface area (Å²) in [6.45, 7) is 1.86. The molecule has 2 N–H and O–H groups in total. The Morgan fingerprint density at radius 2 is 2.25 bits per heavy atom. The fraction of sp³-hybridized carbons (Fsp3) is 0.417. The van der Waals surface area contributed by atoms with Crippen LogP contribution in [0.4, 0.5) is 0 Å². The first-order valence-corrected chi connectivity index (χ1v) is 5.64. The van der Waals surface area contributed by atoms with Crippen LogP contribution in [-0.2, 0) is 0 Å². The summed E-state index contributed by atoms with van der Waals surface area (Å²) in [4.78, 5) is 11.9. The second-order valence-corrected chi connectivity index (χ2v) is 4.76. The molecule has 0 radical (unpaired) electrons. The summed E-state index contributed by atoms with van der Waals surface area (Å²) in [5, 5.41) is 12.6. The zero-order chi connectivity index (χ0) is 11.8. The van der Waals surface area contributed by atoms with E-state index in [4.69, 9.17) is 16.7 Å². The van der Waals surface area contributed by atoms with Crippen molar-refractivity contribution in [2.24, 2.45) is 0 Å². The van der Waals surface area contributed by atoms with Gasteiger partial charge in [0.25, 0.3) is 5.91 Å². The molecular formula is C12H14ClNO2. The Balaban J connectivity index is 2.12. The molecule has 1 aliphatic carbocycles. The quantitative estimate of drug-likeness (QED) is 0.847. The van der Waals surface area contributed by atoms with Gasteiger partial charge in [0, 0.05) is 10.6 Å². The molecule has 0 heterocycles. The number of aliphatic hydroxyl groups is 1. The normalized spacial score (nSPS) is 16.9. The molecule has 86 valence electrons. The van der Waals surface area contributed by atoms with Crippen molar-refractivity contribution in [2.75, 3.05) is 6.61 Å².